The molecule has 1 fully saturated rings. The molecule has 2 aromatic heterocycles. The largest absolute Gasteiger partial charge is 0.495 e. The van der Waals surface area contributed by atoms with Crippen molar-refractivity contribution in [3.63, 3.8) is 0 Å². The van der Waals surface area contributed by atoms with Crippen LogP contribution in [0.2, 0.25) is 0 Å². The fourth-order valence-corrected chi connectivity index (χ4v) is 4.22. The standard InChI is InChI=1S/C12H15N3O3S/c1-18-9-5-6-11-13-12(14-15(11)8-9)10-4-2-3-7-19(10,16)17/h5-6,8,10H,2-4,7H2,1H3. The molecule has 19 heavy (non-hydrogen) atoms. The Morgan fingerprint density at radius 2 is 2.21 bits per heavy atom. The van der Waals surface area contributed by atoms with Crippen LogP contribution in [0.4, 0.5) is 0 Å². The Morgan fingerprint density at radius 3 is 2.95 bits per heavy atom. The summed E-state index contributed by atoms with van der Waals surface area (Å²) in [6.07, 6.45) is 3.94. The number of fused-ring (bicyclic) bond motifs is 1. The highest BCUT2D eigenvalue weighted by Gasteiger charge is 2.33. The number of ether oxygens (including phenoxy) is 1. The van der Waals surface area contributed by atoms with E-state index in [1.807, 2.05) is 0 Å². The molecule has 0 amide bonds. The van der Waals surface area contributed by atoms with Crippen LogP contribution in [0.25, 0.3) is 5.65 Å². The molecule has 1 aliphatic rings. The molecule has 3 rings (SSSR count). The highest BCUT2D eigenvalue weighted by atomic mass is 32.2. The van der Waals surface area contributed by atoms with E-state index >= 15 is 0 Å². The first kappa shape index (κ1) is 12.4. The second-order valence-corrected chi connectivity index (χ2v) is 7.00. The van der Waals surface area contributed by atoms with E-state index < -0.39 is 15.1 Å². The fourth-order valence-electron chi connectivity index (χ4n) is 2.38. The summed E-state index contributed by atoms with van der Waals surface area (Å²) in [5.74, 6) is 1.29. The Kier molecular flexibility index (Phi) is 2.93. The van der Waals surface area contributed by atoms with Crippen LogP contribution in [0.3, 0.4) is 0 Å². The summed E-state index contributed by atoms with van der Waals surface area (Å²) in [7, 11) is -1.54. The zero-order chi connectivity index (χ0) is 13.5. The molecule has 0 bridgehead atoms. The fraction of sp³-hybridized carbons (Fsp3) is 0.500. The van der Waals surface area contributed by atoms with Gasteiger partial charge in [0.15, 0.2) is 21.3 Å². The number of hydrogen-bond acceptors (Lipinski definition) is 5. The van der Waals surface area contributed by atoms with Crippen molar-refractivity contribution in [2.45, 2.75) is 24.5 Å². The van der Waals surface area contributed by atoms with Gasteiger partial charge in [0.2, 0.25) is 0 Å². The third kappa shape index (κ3) is 2.18. The van der Waals surface area contributed by atoms with Gasteiger partial charge in [0, 0.05) is 0 Å². The topological polar surface area (TPSA) is 73.6 Å². The number of nitrogens with zero attached hydrogens (tertiary/aromatic N) is 3. The maximum atomic E-state index is 12.1. The van der Waals surface area contributed by atoms with Gasteiger partial charge < -0.3 is 4.74 Å². The first-order valence-corrected chi connectivity index (χ1v) is 7.93. The van der Waals surface area contributed by atoms with E-state index in [0.717, 1.165) is 12.8 Å². The average molecular weight is 281 g/mol. The van der Waals surface area contributed by atoms with Crippen LogP contribution in [-0.4, -0.2) is 35.9 Å². The third-order valence-electron chi connectivity index (χ3n) is 3.42. The van der Waals surface area contributed by atoms with Gasteiger partial charge in [-0.3, -0.25) is 0 Å². The Balaban J connectivity index is 2.05. The molecule has 1 saturated heterocycles. The van der Waals surface area contributed by atoms with E-state index in [4.69, 9.17) is 4.74 Å². The maximum absolute atomic E-state index is 12.1. The SMILES string of the molecule is COc1ccc2nc(C3CCCCS3(=O)=O)nn2c1. The van der Waals surface area contributed by atoms with Crippen molar-refractivity contribution in [3.8, 4) is 5.75 Å². The summed E-state index contributed by atoms with van der Waals surface area (Å²) in [6.45, 7) is 0. The van der Waals surface area contributed by atoms with E-state index in [-0.39, 0.29) is 5.75 Å². The van der Waals surface area contributed by atoms with E-state index in [9.17, 15) is 8.42 Å². The smallest absolute Gasteiger partial charge is 0.169 e. The van der Waals surface area contributed by atoms with Gasteiger partial charge in [-0.1, -0.05) is 6.42 Å². The summed E-state index contributed by atoms with van der Waals surface area (Å²) < 4.78 is 30.8. The predicted molar refractivity (Wildman–Crippen MR) is 69.9 cm³/mol. The lowest BCUT2D eigenvalue weighted by atomic mass is 10.2. The molecule has 0 spiro atoms. The molecular formula is C12H15N3O3S. The molecule has 0 saturated carbocycles. The van der Waals surface area contributed by atoms with E-state index in [2.05, 4.69) is 10.1 Å². The number of rotatable bonds is 2. The molecule has 1 aliphatic heterocycles. The quantitative estimate of drug-likeness (QED) is 0.831. The minimum atomic E-state index is -3.11. The molecule has 1 unspecified atom stereocenters. The molecule has 2 aromatic rings. The van der Waals surface area contributed by atoms with Gasteiger partial charge in [0.1, 0.15) is 11.0 Å². The van der Waals surface area contributed by atoms with Gasteiger partial charge in [0.05, 0.1) is 19.1 Å². The molecule has 0 radical (unpaired) electrons. The van der Waals surface area contributed by atoms with Crippen LogP contribution in [0, 0.1) is 0 Å². The molecule has 0 aromatic carbocycles. The molecule has 7 heteroatoms. The predicted octanol–water partition coefficient (Wildman–Crippen LogP) is 1.38. The number of pyridine rings is 1. The Morgan fingerprint density at radius 1 is 1.37 bits per heavy atom. The third-order valence-corrected chi connectivity index (χ3v) is 5.59. The molecule has 0 N–H and O–H groups in total. The van der Waals surface area contributed by atoms with Gasteiger partial charge in [0.25, 0.3) is 0 Å². The Labute approximate surface area is 111 Å². The van der Waals surface area contributed by atoms with Crippen LogP contribution >= 0.6 is 0 Å². The summed E-state index contributed by atoms with van der Waals surface area (Å²) in [4.78, 5) is 4.32. The second kappa shape index (κ2) is 4.48. The second-order valence-electron chi connectivity index (χ2n) is 4.69. The van der Waals surface area contributed by atoms with Crippen LogP contribution in [0.15, 0.2) is 18.3 Å². The van der Waals surface area contributed by atoms with E-state index in [1.54, 1.807) is 30.0 Å². The molecule has 0 aliphatic carbocycles. The average Bonchev–Trinajstić information content (AvgIpc) is 2.80. The van der Waals surface area contributed by atoms with Crippen LogP contribution in [0.5, 0.6) is 5.75 Å². The van der Waals surface area contributed by atoms with Crippen LogP contribution < -0.4 is 4.74 Å². The van der Waals surface area contributed by atoms with Crippen molar-refractivity contribution < 1.29 is 13.2 Å². The van der Waals surface area contributed by atoms with E-state index in [0.29, 0.717) is 23.6 Å². The number of hydrogen-bond donors (Lipinski definition) is 0. The molecule has 6 nitrogen and oxygen atoms in total. The zero-order valence-corrected chi connectivity index (χ0v) is 11.4. The lowest BCUT2D eigenvalue weighted by molar-refractivity contribution is 0.411. The minimum absolute atomic E-state index is 0.233. The van der Waals surface area contributed by atoms with Crippen LogP contribution in [-0.2, 0) is 9.84 Å². The summed E-state index contributed by atoms with van der Waals surface area (Å²) in [6, 6.07) is 3.55. The lowest BCUT2D eigenvalue weighted by Crippen LogP contribution is -2.22. The van der Waals surface area contributed by atoms with Crippen molar-refractivity contribution in [2.75, 3.05) is 12.9 Å². The van der Waals surface area contributed by atoms with E-state index in [1.165, 1.54) is 0 Å². The number of methoxy groups -OCH3 is 1. The molecule has 1 atom stereocenters. The summed E-state index contributed by atoms with van der Waals surface area (Å²) >= 11 is 0. The number of sulfone groups is 1. The van der Waals surface area contributed by atoms with Crippen molar-refractivity contribution in [1.82, 2.24) is 14.6 Å². The van der Waals surface area contributed by atoms with Gasteiger partial charge in [-0.2, -0.15) is 0 Å². The molecule has 102 valence electrons. The first-order chi connectivity index (χ1) is 9.10. The van der Waals surface area contributed by atoms with Crippen molar-refractivity contribution in [1.29, 1.82) is 0 Å². The van der Waals surface area contributed by atoms with Gasteiger partial charge in [-0.25, -0.2) is 17.9 Å². The Bertz CT molecular complexity index is 708. The van der Waals surface area contributed by atoms with Crippen molar-refractivity contribution in [3.05, 3.63) is 24.2 Å². The first-order valence-electron chi connectivity index (χ1n) is 6.22. The highest BCUT2D eigenvalue weighted by molar-refractivity contribution is 7.91. The summed E-state index contributed by atoms with van der Waals surface area (Å²) in [5.41, 5.74) is 0.636. The van der Waals surface area contributed by atoms with Crippen LogP contribution in [0.1, 0.15) is 30.3 Å². The normalized spacial score (nSPS) is 22.5. The minimum Gasteiger partial charge on any atom is -0.495 e. The molecular weight excluding hydrogens is 266 g/mol. The summed E-state index contributed by atoms with van der Waals surface area (Å²) in [5, 5.41) is 3.72. The van der Waals surface area contributed by atoms with Gasteiger partial charge in [-0.05, 0) is 25.0 Å². The van der Waals surface area contributed by atoms with Gasteiger partial charge in [-0.15, -0.1) is 5.10 Å². The molecule has 3 heterocycles. The number of aromatic nitrogens is 3. The Hall–Kier alpha value is -1.63. The maximum Gasteiger partial charge on any atom is 0.169 e. The highest BCUT2D eigenvalue weighted by Crippen LogP contribution is 2.31. The van der Waals surface area contributed by atoms with Gasteiger partial charge >= 0.3 is 0 Å². The zero-order valence-electron chi connectivity index (χ0n) is 10.6. The lowest BCUT2D eigenvalue weighted by Gasteiger charge is -2.19. The van der Waals surface area contributed by atoms with Crippen molar-refractivity contribution in [2.24, 2.45) is 0 Å². The monoisotopic (exact) mass is 281 g/mol. The van der Waals surface area contributed by atoms with Crippen molar-refractivity contribution >= 4 is 15.5 Å².